The minimum atomic E-state index is 0.533. The number of H-pyrrole nitrogens is 1. The van der Waals surface area contributed by atoms with Crippen molar-refractivity contribution in [1.82, 2.24) is 30.6 Å². The van der Waals surface area contributed by atoms with Gasteiger partial charge in [0.25, 0.3) is 0 Å². The number of hydrazone groups is 1. The van der Waals surface area contributed by atoms with Gasteiger partial charge in [0.05, 0.1) is 21.6 Å². The van der Waals surface area contributed by atoms with Crippen molar-refractivity contribution in [2.45, 2.75) is 6.92 Å². The molecule has 0 unspecified atom stereocenters. The fraction of sp³-hybridized carbons (Fsp3) is 0.0476. The summed E-state index contributed by atoms with van der Waals surface area (Å²) >= 11 is 1.58. The smallest absolute Gasteiger partial charge is 0.204 e. The summed E-state index contributed by atoms with van der Waals surface area (Å²) < 4.78 is 1.13. The van der Waals surface area contributed by atoms with Crippen LogP contribution in [0.2, 0.25) is 0 Å². The Morgan fingerprint density at radius 3 is 2.70 bits per heavy atom. The normalized spacial score (nSPS) is 11.7. The highest BCUT2D eigenvalue weighted by Gasteiger charge is 2.08. The summed E-state index contributed by atoms with van der Waals surface area (Å²) in [6.07, 6.45) is 0. The number of thiazole rings is 1. The van der Waals surface area contributed by atoms with E-state index < -0.39 is 0 Å². The molecule has 0 saturated heterocycles. The van der Waals surface area contributed by atoms with E-state index in [1.165, 1.54) is 0 Å². The van der Waals surface area contributed by atoms with E-state index in [1.54, 1.807) is 11.3 Å². The average Bonchev–Trinajstić information content (AvgIpc) is 3.47. The maximum absolute atomic E-state index is 4.67. The predicted octanol–water partition coefficient (Wildman–Crippen LogP) is 4.37. The molecule has 9 heteroatoms. The van der Waals surface area contributed by atoms with Gasteiger partial charge in [-0.1, -0.05) is 47.7 Å². The van der Waals surface area contributed by atoms with E-state index in [-0.39, 0.29) is 0 Å². The number of aromatic amines is 1. The number of hydrogen-bond acceptors (Lipinski definition) is 8. The van der Waals surface area contributed by atoms with Crippen molar-refractivity contribution in [3.63, 3.8) is 0 Å². The average molecular weight is 412 g/mol. The summed E-state index contributed by atoms with van der Waals surface area (Å²) in [5.74, 6) is 0.533. The lowest BCUT2D eigenvalue weighted by molar-refractivity contribution is 0.881. The Balaban J connectivity index is 1.40. The molecular formula is C21H16N8S. The van der Waals surface area contributed by atoms with Crippen LogP contribution in [-0.2, 0) is 0 Å². The van der Waals surface area contributed by atoms with Gasteiger partial charge in [0, 0.05) is 5.56 Å². The quantitative estimate of drug-likeness (QED) is 0.328. The van der Waals surface area contributed by atoms with Crippen molar-refractivity contribution in [2.75, 3.05) is 5.43 Å². The predicted molar refractivity (Wildman–Crippen MR) is 118 cm³/mol. The van der Waals surface area contributed by atoms with Crippen LogP contribution in [0.5, 0.6) is 0 Å². The summed E-state index contributed by atoms with van der Waals surface area (Å²) in [4.78, 5) is 9.21. The molecular weight excluding hydrogens is 396 g/mol. The first-order valence-electron chi connectivity index (χ1n) is 9.24. The molecule has 3 aromatic heterocycles. The van der Waals surface area contributed by atoms with Crippen LogP contribution >= 0.6 is 11.3 Å². The molecule has 0 aliphatic rings. The first kappa shape index (κ1) is 18.1. The van der Waals surface area contributed by atoms with Gasteiger partial charge < -0.3 is 0 Å². The Bertz CT molecular complexity index is 1310. The summed E-state index contributed by atoms with van der Waals surface area (Å²) in [5, 5.41) is 19.2. The lowest BCUT2D eigenvalue weighted by atomic mass is 10.0. The molecule has 0 aliphatic heterocycles. The van der Waals surface area contributed by atoms with Crippen LogP contribution in [0.1, 0.15) is 12.5 Å². The molecule has 2 N–H and O–H groups in total. The topological polar surface area (TPSA) is 105 Å². The fourth-order valence-electron chi connectivity index (χ4n) is 3.01. The van der Waals surface area contributed by atoms with Gasteiger partial charge in [-0.05, 0) is 53.2 Å². The Hall–Kier alpha value is -3.98. The molecule has 2 aromatic carbocycles. The number of pyridine rings is 1. The lowest BCUT2D eigenvalue weighted by Crippen LogP contribution is -2.00. The lowest BCUT2D eigenvalue weighted by Gasteiger charge is -2.06. The van der Waals surface area contributed by atoms with Crippen LogP contribution in [0.3, 0.4) is 0 Å². The highest BCUT2D eigenvalue weighted by Crippen LogP contribution is 2.26. The monoisotopic (exact) mass is 412 g/mol. The minimum Gasteiger partial charge on any atom is -0.252 e. The van der Waals surface area contributed by atoms with Gasteiger partial charge in [0.15, 0.2) is 5.82 Å². The highest BCUT2D eigenvalue weighted by molar-refractivity contribution is 7.22. The molecule has 0 spiro atoms. The number of anilines is 1. The van der Waals surface area contributed by atoms with E-state index in [0.717, 1.165) is 37.9 Å². The standard InChI is InChI=1S/C21H16N8S/c1-13(24-27-21-23-17-8-2-3-11-19(17)30-21)14-6-4-7-15(12-14)16-9-5-10-18(22-16)20-25-28-29-26-20/h2-12H,1H3,(H,23,27)(H,25,26,28,29)/b24-13+. The molecule has 0 fully saturated rings. The Morgan fingerprint density at radius 2 is 1.83 bits per heavy atom. The van der Waals surface area contributed by atoms with Gasteiger partial charge in [-0.25, -0.2) is 15.1 Å². The molecule has 0 aliphatic carbocycles. The van der Waals surface area contributed by atoms with Crippen LogP contribution in [0, 0.1) is 0 Å². The second-order valence-corrected chi connectivity index (χ2v) is 7.57. The summed E-state index contributed by atoms with van der Waals surface area (Å²) in [7, 11) is 0. The van der Waals surface area contributed by atoms with Gasteiger partial charge in [0.1, 0.15) is 5.69 Å². The summed E-state index contributed by atoms with van der Waals surface area (Å²) in [5.41, 5.74) is 8.39. The van der Waals surface area contributed by atoms with Crippen LogP contribution in [0.15, 0.2) is 71.8 Å². The number of rotatable bonds is 5. The zero-order valence-electron chi connectivity index (χ0n) is 15.9. The zero-order chi connectivity index (χ0) is 20.3. The van der Waals surface area contributed by atoms with E-state index in [4.69, 9.17) is 0 Å². The van der Waals surface area contributed by atoms with E-state index >= 15 is 0 Å². The summed E-state index contributed by atoms with van der Waals surface area (Å²) in [6, 6.07) is 21.9. The van der Waals surface area contributed by atoms with Crippen LogP contribution in [0.25, 0.3) is 33.0 Å². The van der Waals surface area contributed by atoms with E-state index in [2.05, 4.69) is 47.2 Å². The van der Waals surface area contributed by atoms with Crippen molar-refractivity contribution >= 4 is 32.4 Å². The van der Waals surface area contributed by atoms with Crippen molar-refractivity contribution in [2.24, 2.45) is 5.10 Å². The number of fused-ring (bicyclic) bond motifs is 1. The van der Waals surface area contributed by atoms with E-state index in [0.29, 0.717) is 11.5 Å². The molecule has 5 aromatic rings. The third-order valence-corrected chi connectivity index (χ3v) is 5.47. The molecule has 30 heavy (non-hydrogen) atoms. The number of para-hydroxylation sites is 1. The van der Waals surface area contributed by atoms with Gasteiger partial charge in [-0.3, -0.25) is 5.43 Å². The second kappa shape index (κ2) is 7.80. The van der Waals surface area contributed by atoms with Crippen LogP contribution in [-0.4, -0.2) is 36.3 Å². The molecule has 0 radical (unpaired) electrons. The Labute approximate surface area is 175 Å². The second-order valence-electron chi connectivity index (χ2n) is 6.53. The van der Waals surface area contributed by atoms with Crippen LogP contribution in [0.4, 0.5) is 5.13 Å². The number of aromatic nitrogens is 6. The SMILES string of the molecule is C/C(=N\Nc1nc2ccccc2s1)c1cccc(-c2cccc(-c3nnn[nH]3)n2)c1. The number of nitrogens with zero attached hydrogens (tertiary/aromatic N) is 6. The Kier molecular flexibility index (Phi) is 4.70. The van der Waals surface area contributed by atoms with Gasteiger partial charge in [-0.15, -0.1) is 5.10 Å². The van der Waals surface area contributed by atoms with Gasteiger partial charge in [-0.2, -0.15) is 5.10 Å². The third kappa shape index (κ3) is 3.65. The number of benzene rings is 2. The maximum Gasteiger partial charge on any atom is 0.204 e. The fourth-order valence-corrected chi connectivity index (χ4v) is 3.82. The molecule has 146 valence electrons. The molecule has 0 atom stereocenters. The number of nitrogens with one attached hydrogen (secondary N) is 2. The number of hydrogen-bond donors (Lipinski definition) is 2. The van der Waals surface area contributed by atoms with Crippen molar-refractivity contribution < 1.29 is 0 Å². The highest BCUT2D eigenvalue weighted by atomic mass is 32.1. The molecule has 0 amide bonds. The minimum absolute atomic E-state index is 0.533. The largest absolute Gasteiger partial charge is 0.252 e. The zero-order valence-corrected chi connectivity index (χ0v) is 16.8. The van der Waals surface area contributed by atoms with Crippen molar-refractivity contribution in [1.29, 1.82) is 0 Å². The first-order chi connectivity index (χ1) is 14.8. The van der Waals surface area contributed by atoms with Crippen molar-refractivity contribution in [3.05, 3.63) is 72.3 Å². The molecule has 8 nitrogen and oxygen atoms in total. The first-order valence-corrected chi connectivity index (χ1v) is 10.1. The number of tetrazole rings is 1. The third-order valence-electron chi connectivity index (χ3n) is 4.53. The molecule has 0 saturated carbocycles. The molecule has 0 bridgehead atoms. The van der Waals surface area contributed by atoms with Crippen LogP contribution < -0.4 is 5.43 Å². The molecule has 3 heterocycles. The summed E-state index contributed by atoms with van der Waals surface area (Å²) in [6.45, 7) is 1.96. The van der Waals surface area contributed by atoms with E-state index in [1.807, 2.05) is 67.6 Å². The van der Waals surface area contributed by atoms with E-state index in [9.17, 15) is 0 Å². The van der Waals surface area contributed by atoms with Gasteiger partial charge >= 0.3 is 0 Å². The Morgan fingerprint density at radius 1 is 0.967 bits per heavy atom. The maximum atomic E-state index is 4.67. The van der Waals surface area contributed by atoms with Gasteiger partial charge in [0.2, 0.25) is 5.13 Å². The molecule has 5 rings (SSSR count). The van der Waals surface area contributed by atoms with Crippen molar-refractivity contribution in [3.8, 4) is 22.8 Å².